The normalized spacial score (nSPS) is 16.4. The van der Waals surface area contributed by atoms with E-state index >= 15 is 0 Å². The number of benzene rings is 1. The summed E-state index contributed by atoms with van der Waals surface area (Å²) in [5, 5.41) is 11.6. The van der Waals surface area contributed by atoms with Crippen molar-refractivity contribution in [1.29, 1.82) is 0 Å². The summed E-state index contributed by atoms with van der Waals surface area (Å²) in [6.45, 7) is 7.47. The minimum absolute atomic E-state index is 0.00588. The van der Waals surface area contributed by atoms with E-state index in [1.54, 1.807) is 4.90 Å². The highest BCUT2D eigenvalue weighted by molar-refractivity contribution is 6.30. The van der Waals surface area contributed by atoms with Crippen LogP contribution in [0.1, 0.15) is 56.9 Å². The van der Waals surface area contributed by atoms with Crippen molar-refractivity contribution in [2.45, 2.75) is 58.6 Å². The first-order valence-electron chi connectivity index (χ1n) is 10.0. The highest BCUT2D eigenvalue weighted by Gasteiger charge is 2.34. The fourth-order valence-electron chi connectivity index (χ4n) is 4.18. The van der Waals surface area contributed by atoms with Crippen LogP contribution in [0.25, 0.3) is 11.1 Å². The number of hydrogen-bond acceptors (Lipinski definition) is 2. The molecule has 1 heterocycles. The van der Waals surface area contributed by atoms with Gasteiger partial charge in [-0.15, -0.1) is 0 Å². The summed E-state index contributed by atoms with van der Waals surface area (Å²) < 4.78 is 1.94. The Morgan fingerprint density at radius 1 is 1.18 bits per heavy atom. The summed E-state index contributed by atoms with van der Waals surface area (Å²) in [5.41, 5.74) is 1.74. The standard InChI is InChI=1S/C23H31ClN2O2/c1-22(2,3)15-25(4)21(27)20-19(17-7-9-18(24)10-8-17)11-14-26(20)16-23(28)12-5-6-13-23/h7-11,14,28H,5-6,12-13,15-16H2,1-4H3. The van der Waals surface area contributed by atoms with Gasteiger partial charge in [-0.1, -0.05) is 57.3 Å². The van der Waals surface area contributed by atoms with E-state index in [1.165, 1.54) is 0 Å². The summed E-state index contributed by atoms with van der Waals surface area (Å²) in [7, 11) is 1.85. The molecular formula is C23H31ClN2O2. The van der Waals surface area contributed by atoms with Gasteiger partial charge >= 0.3 is 0 Å². The van der Waals surface area contributed by atoms with Crippen LogP contribution < -0.4 is 0 Å². The summed E-state index contributed by atoms with van der Waals surface area (Å²) in [5.74, 6) is -0.0218. The van der Waals surface area contributed by atoms with E-state index in [0.717, 1.165) is 36.8 Å². The Hall–Kier alpha value is -1.78. The maximum Gasteiger partial charge on any atom is 0.270 e. The van der Waals surface area contributed by atoms with Crippen LogP contribution in [-0.4, -0.2) is 39.7 Å². The van der Waals surface area contributed by atoms with Crippen molar-refractivity contribution in [3.63, 3.8) is 0 Å². The van der Waals surface area contributed by atoms with E-state index in [1.807, 2.05) is 48.1 Å². The van der Waals surface area contributed by atoms with Crippen molar-refractivity contribution in [2.24, 2.45) is 5.41 Å². The summed E-state index contributed by atoms with van der Waals surface area (Å²) >= 11 is 6.05. The summed E-state index contributed by atoms with van der Waals surface area (Å²) in [6.07, 6.45) is 5.57. The Kier molecular flexibility index (Phi) is 5.92. The zero-order valence-corrected chi connectivity index (χ0v) is 18.1. The third-order valence-corrected chi connectivity index (χ3v) is 5.63. The third-order valence-electron chi connectivity index (χ3n) is 5.38. The average Bonchev–Trinajstić information content (AvgIpc) is 3.20. The predicted molar refractivity (Wildman–Crippen MR) is 115 cm³/mol. The van der Waals surface area contributed by atoms with E-state index in [0.29, 0.717) is 23.8 Å². The van der Waals surface area contributed by atoms with Gasteiger partial charge in [0.05, 0.1) is 12.1 Å². The molecule has 152 valence electrons. The number of halogens is 1. The molecule has 0 aliphatic heterocycles. The zero-order valence-electron chi connectivity index (χ0n) is 17.3. The molecule has 1 aromatic carbocycles. The summed E-state index contributed by atoms with van der Waals surface area (Å²) in [4.78, 5) is 15.2. The fourth-order valence-corrected chi connectivity index (χ4v) is 4.30. The Balaban J connectivity index is 2.00. The zero-order chi connectivity index (χ0) is 20.5. The number of aromatic nitrogens is 1. The number of carbonyl (C=O) groups is 1. The lowest BCUT2D eigenvalue weighted by atomic mass is 9.96. The van der Waals surface area contributed by atoms with Gasteiger partial charge in [0.25, 0.3) is 5.91 Å². The molecule has 0 saturated heterocycles. The monoisotopic (exact) mass is 402 g/mol. The SMILES string of the molecule is CN(CC(C)(C)C)C(=O)c1c(-c2ccc(Cl)cc2)ccn1CC1(O)CCCC1. The van der Waals surface area contributed by atoms with Gasteiger partial charge in [-0.3, -0.25) is 4.79 Å². The van der Waals surface area contributed by atoms with Gasteiger partial charge in [0.15, 0.2) is 0 Å². The fraction of sp³-hybridized carbons (Fsp3) is 0.522. The Labute approximate surface area is 173 Å². The van der Waals surface area contributed by atoms with Crippen LogP contribution in [0.4, 0.5) is 0 Å². The lowest BCUT2D eigenvalue weighted by Crippen LogP contribution is -2.37. The molecule has 0 spiro atoms. The van der Waals surface area contributed by atoms with E-state index in [4.69, 9.17) is 11.6 Å². The van der Waals surface area contributed by atoms with Crippen LogP contribution in [0.3, 0.4) is 0 Å². The van der Waals surface area contributed by atoms with E-state index < -0.39 is 5.60 Å². The van der Waals surface area contributed by atoms with Crippen LogP contribution >= 0.6 is 11.6 Å². The van der Waals surface area contributed by atoms with Gasteiger partial charge in [-0.2, -0.15) is 0 Å². The van der Waals surface area contributed by atoms with Crippen molar-refractivity contribution < 1.29 is 9.90 Å². The first-order valence-corrected chi connectivity index (χ1v) is 10.4. The lowest BCUT2D eigenvalue weighted by Gasteiger charge is -2.29. The Bertz CT molecular complexity index is 827. The van der Waals surface area contributed by atoms with E-state index in [2.05, 4.69) is 20.8 Å². The molecule has 1 saturated carbocycles. The molecule has 1 fully saturated rings. The molecule has 4 nitrogen and oxygen atoms in total. The van der Waals surface area contributed by atoms with Crippen LogP contribution in [-0.2, 0) is 6.54 Å². The Morgan fingerprint density at radius 3 is 2.36 bits per heavy atom. The van der Waals surface area contributed by atoms with Crippen molar-refractivity contribution in [3.05, 3.63) is 47.2 Å². The lowest BCUT2D eigenvalue weighted by molar-refractivity contribution is 0.0288. The molecule has 28 heavy (non-hydrogen) atoms. The van der Waals surface area contributed by atoms with Gasteiger partial charge < -0.3 is 14.6 Å². The number of aliphatic hydroxyl groups is 1. The second kappa shape index (κ2) is 7.92. The largest absolute Gasteiger partial charge is 0.388 e. The number of nitrogens with zero attached hydrogens (tertiary/aromatic N) is 2. The first-order chi connectivity index (χ1) is 13.1. The summed E-state index contributed by atoms with van der Waals surface area (Å²) in [6, 6.07) is 9.52. The number of carbonyl (C=O) groups excluding carboxylic acids is 1. The first kappa shape index (κ1) is 20.9. The smallest absolute Gasteiger partial charge is 0.270 e. The molecule has 1 aliphatic carbocycles. The average molecular weight is 403 g/mol. The molecule has 5 heteroatoms. The molecule has 1 aromatic heterocycles. The highest BCUT2D eigenvalue weighted by atomic mass is 35.5. The maximum absolute atomic E-state index is 13.4. The highest BCUT2D eigenvalue weighted by Crippen LogP contribution is 2.34. The minimum Gasteiger partial charge on any atom is -0.388 e. The molecule has 3 rings (SSSR count). The molecule has 0 atom stereocenters. The molecule has 0 unspecified atom stereocenters. The van der Waals surface area contributed by atoms with Gasteiger partial charge in [-0.05, 0) is 42.0 Å². The third kappa shape index (κ3) is 4.79. The van der Waals surface area contributed by atoms with E-state index in [9.17, 15) is 9.90 Å². The van der Waals surface area contributed by atoms with Gasteiger partial charge in [-0.25, -0.2) is 0 Å². The molecule has 0 radical (unpaired) electrons. The van der Waals surface area contributed by atoms with Crippen LogP contribution in [0.5, 0.6) is 0 Å². The van der Waals surface area contributed by atoms with Gasteiger partial charge in [0, 0.05) is 30.4 Å². The van der Waals surface area contributed by atoms with Gasteiger partial charge in [0.2, 0.25) is 0 Å². The number of amides is 1. The van der Waals surface area contributed by atoms with Crippen LogP contribution in [0.15, 0.2) is 36.5 Å². The molecule has 1 N–H and O–H groups in total. The second-order valence-corrected chi connectivity index (χ2v) is 9.80. The predicted octanol–water partition coefficient (Wildman–Crippen LogP) is 5.23. The maximum atomic E-state index is 13.4. The van der Waals surface area contributed by atoms with Crippen molar-refractivity contribution in [3.8, 4) is 11.1 Å². The van der Waals surface area contributed by atoms with Crippen molar-refractivity contribution in [1.82, 2.24) is 9.47 Å². The van der Waals surface area contributed by atoms with E-state index in [-0.39, 0.29) is 11.3 Å². The quantitative estimate of drug-likeness (QED) is 0.744. The Morgan fingerprint density at radius 2 is 1.79 bits per heavy atom. The number of hydrogen-bond donors (Lipinski definition) is 1. The molecule has 1 aliphatic rings. The topological polar surface area (TPSA) is 45.5 Å². The molecule has 2 aromatic rings. The van der Waals surface area contributed by atoms with Gasteiger partial charge in [0.1, 0.15) is 5.69 Å². The van der Waals surface area contributed by atoms with Crippen molar-refractivity contribution in [2.75, 3.05) is 13.6 Å². The van der Waals surface area contributed by atoms with Crippen LogP contribution in [0, 0.1) is 5.41 Å². The molecule has 1 amide bonds. The number of rotatable bonds is 5. The van der Waals surface area contributed by atoms with Crippen molar-refractivity contribution >= 4 is 17.5 Å². The molecular weight excluding hydrogens is 372 g/mol. The second-order valence-electron chi connectivity index (χ2n) is 9.37. The van der Waals surface area contributed by atoms with Crippen LogP contribution in [0.2, 0.25) is 5.02 Å². The minimum atomic E-state index is -0.728. The molecule has 0 bridgehead atoms.